The summed E-state index contributed by atoms with van der Waals surface area (Å²) in [6.07, 6.45) is 14.5. The molecule has 3 heteroatoms. The second-order valence-electron chi connectivity index (χ2n) is 12.2. The van der Waals surface area contributed by atoms with Crippen LogP contribution in [0.15, 0.2) is 0 Å². The van der Waals surface area contributed by atoms with E-state index in [1.54, 1.807) is 0 Å². The maximum Gasteiger partial charge on any atom is 0.305 e. The highest BCUT2D eigenvalue weighted by Gasteiger charge is 2.61. The molecule has 3 saturated carbocycles. The number of hydrogen-bond donors (Lipinski definition) is 0. The Morgan fingerprint density at radius 1 is 1.03 bits per heavy atom. The fraction of sp³-hybridized carbons (Fsp3) is 0.963. The summed E-state index contributed by atoms with van der Waals surface area (Å²) in [4.78, 5) is 11.9. The van der Waals surface area contributed by atoms with E-state index in [-0.39, 0.29) is 5.97 Å². The second-order valence-corrected chi connectivity index (χ2v) is 13.1. The zero-order chi connectivity index (χ0) is 21.5. The van der Waals surface area contributed by atoms with Crippen LogP contribution in [-0.4, -0.2) is 17.0 Å². The van der Waals surface area contributed by atoms with E-state index in [1.807, 2.05) is 0 Å². The van der Waals surface area contributed by atoms with Crippen molar-refractivity contribution in [1.82, 2.24) is 0 Å². The van der Waals surface area contributed by atoms with Gasteiger partial charge in [-0.05, 0) is 91.8 Å². The lowest BCUT2D eigenvalue weighted by Crippen LogP contribution is -2.56. The molecular weight excluding hydrogens is 483 g/mol. The van der Waals surface area contributed by atoms with Crippen molar-refractivity contribution in [3.05, 3.63) is 0 Å². The van der Waals surface area contributed by atoms with Crippen molar-refractivity contribution in [1.29, 1.82) is 0 Å². The molecule has 0 N–H and O–H groups in total. The monoisotopic (exact) mass is 528 g/mol. The Kier molecular flexibility index (Phi) is 7.18. The molecule has 1 spiro atoms. The van der Waals surface area contributed by atoms with E-state index in [4.69, 9.17) is 4.74 Å². The molecule has 1 saturated heterocycles. The van der Waals surface area contributed by atoms with E-state index < -0.39 is 0 Å². The molecule has 8 atom stereocenters. The predicted octanol–water partition coefficient (Wildman–Crippen LogP) is 7.68. The lowest BCUT2D eigenvalue weighted by molar-refractivity contribution is -0.178. The van der Waals surface area contributed by atoms with Gasteiger partial charge in [0.25, 0.3) is 0 Å². The number of fused-ring (bicyclic) bond motifs is 4. The summed E-state index contributed by atoms with van der Waals surface area (Å²) < 4.78 is 7.00. The van der Waals surface area contributed by atoms with Crippen LogP contribution in [0.3, 0.4) is 0 Å². The molecular formula is C27H45IO2. The van der Waals surface area contributed by atoms with E-state index in [2.05, 4.69) is 50.3 Å². The largest absolute Gasteiger partial charge is 0.465 e. The van der Waals surface area contributed by atoms with Crippen LogP contribution in [0.25, 0.3) is 0 Å². The first-order chi connectivity index (χ1) is 14.3. The Labute approximate surface area is 199 Å². The molecule has 4 fully saturated rings. The molecule has 1 aliphatic heterocycles. The zero-order valence-corrected chi connectivity index (χ0v) is 22.1. The minimum atomic E-state index is 0.0479. The fourth-order valence-corrected chi connectivity index (χ4v) is 10.3. The summed E-state index contributed by atoms with van der Waals surface area (Å²) in [5.41, 5.74) is 0.850. The first-order valence-corrected chi connectivity index (χ1v) is 14.6. The molecule has 4 rings (SSSR count). The summed E-state index contributed by atoms with van der Waals surface area (Å²) in [6.45, 7) is 10.7. The van der Waals surface area contributed by atoms with Gasteiger partial charge >= 0.3 is 5.97 Å². The van der Waals surface area contributed by atoms with Crippen LogP contribution in [0.2, 0.25) is 0 Å². The van der Waals surface area contributed by atoms with Crippen LogP contribution in [0.5, 0.6) is 0 Å². The lowest BCUT2D eigenvalue weighted by atomic mass is 9.45. The van der Waals surface area contributed by atoms with Gasteiger partial charge in [-0.3, -0.25) is 4.79 Å². The van der Waals surface area contributed by atoms with Gasteiger partial charge in [0, 0.05) is 16.3 Å². The van der Waals surface area contributed by atoms with Gasteiger partial charge in [-0.2, -0.15) is 0 Å². The van der Waals surface area contributed by atoms with Crippen molar-refractivity contribution in [2.75, 3.05) is 11.0 Å². The molecule has 0 unspecified atom stereocenters. The standard InChI is InChI=1S/C27H45IO2/c1-18(2)6-5-7-19(3)22-10-11-23-21-9-8-20(16-28)27(15-13-25(29)30-17-27)24(21)12-14-26(22,23)4/h18-24H,5-17H2,1-4H3/t19-,20+,21+,22-,23+,24+,26-,27-/m1/s1. The highest BCUT2D eigenvalue weighted by molar-refractivity contribution is 14.1. The van der Waals surface area contributed by atoms with Crippen molar-refractivity contribution in [3.8, 4) is 0 Å². The van der Waals surface area contributed by atoms with Gasteiger partial charge in [-0.15, -0.1) is 0 Å². The molecule has 0 radical (unpaired) electrons. The van der Waals surface area contributed by atoms with Gasteiger partial charge in [0.2, 0.25) is 0 Å². The van der Waals surface area contributed by atoms with Crippen molar-refractivity contribution < 1.29 is 9.53 Å². The van der Waals surface area contributed by atoms with E-state index in [9.17, 15) is 4.79 Å². The highest BCUT2D eigenvalue weighted by atomic mass is 127. The van der Waals surface area contributed by atoms with Gasteiger partial charge in [0.1, 0.15) is 0 Å². The molecule has 2 nitrogen and oxygen atoms in total. The van der Waals surface area contributed by atoms with Gasteiger partial charge in [-0.25, -0.2) is 0 Å². The van der Waals surface area contributed by atoms with Crippen molar-refractivity contribution >= 4 is 28.6 Å². The number of esters is 1. The number of rotatable bonds is 6. The third kappa shape index (κ3) is 4.00. The Morgan fingerprint density at radius 2 is 1.83 bits per heavy atom. The van der Waals surface area contributed by atoms with Crippen molar-refractivity contribution in [2.45, 2.75) is 98.3 Å². The van der Waals surface area contributed by atoms with Crippen LogP contribution >= 0.6 is 22.6 Å². The van der Waals surface area contributed by atoms with Gasteiger partial charge in [-0.1, -0.05) is 69.5 Å². The van der Waals surface area contributed by atoms with Crippen molar-refractivity contribution in [3.63, 3.8) is 0 Å². The predicted molar refractivity (Wildman–Crippen MR) is 133 cm³/mol. The maximum atomic E-state index is 11.9. The summed E-state index contributed by atoms with van der Waals surface area (Å²) in [5, 5.41) is 0. The first kappa shape index (κ1) is 23.4. The molecule has 0 bridgehead atoms. The molecule has 4 aliphatic rings. The highest BCUT2D eigenvalue weighted by Crippen LogP contribution is 2.68. The third-order valence-electron chi connectivity index (χ3n) is 10.5. The summed E-state index contributed by atoms with van der Waals surface area (Å²) in [5.74, 6) is 6.05. The minimum absolute atomic E-state index is 0.0479. The molecule has 3 aliphatic carbocycles. The smallest absolute Gasteiger partial charge is 0.305 e. The number of hydrogen-bond acceptors (Lipinski definition) is 2. The average molecular weight is 529 g/mol. The lowest BCUT2D eigenvalue weighted by Gasteiger charge is -2.60. The normalized spacial score (nSPS) is 44.6. The van der Waals surface area contributed by atoms with Crippen LogP contribution in [0, 0.1) is 52.3 Å². The zero-order valence-electron chi connectivity index (χ0n) is 19.9. The number of carbonyl (C=O) groups is 1. The van der Waals surface area contributed by atoms with E-state index in [1.165, 1.54) is 62.2 Å². The van der Waals surface area contributed by atoms with Gasteiger partial charge in [0.15, 0.2) is 0 Å². The van der Waals surface area contributed by atoms with E-state index in [0.29, 0.717) is 17.3 Å². The van der Waals surface area contributed by atoms with E-state index in [0.717, 1.165) is 54.5 Å². The Morgan fingerprint density at radius 3 is 2.50 bits per heavy atom. The topological polar surface area (TPSA) is 26.3 Å². The quantitative estimate of drug-likeness (QED) is 0.201. The first-order valence-electron chi connectivity index (χ1n) is 13.0. The number of alkyl halides is 1. The van der Waals surface area contributed by atoms with Gasteiger partial charge in [0.05, 0.1) is 6.61 Å². The SMILES string of the molecule is CC(C)CCC[C@@H](C)[C@H]1CC[C@H]2[C@@H]3CC[C@@H](CI)[C@]4(CCC(=O)OC4)[C@H]3CC[C@]12C. The maximum absolute atomic E-state index is 11.9. The molecule has 172 valence electrons. The van der Waals surface area contributed by atoms with Gasteiger partial charge < -0.3 is 4.74 Å². The Bertz CT molecular complexity index is 606. The van der Waals surface area contributed by atoms with Crippen LogP contribution < -0.4 is 0 Å². The Balaban J connectivity index is 1.50. The molecule has 0 aromatic heterocycles. The van der Waals surface area contributed by atoms with Crippen LogP contribution in [0.1, 0.15) is 98.3 Å². The summed E-state index contributed by atoms with van der Waals surface area (Å²) in [7, 11) is 0. The Hall–Kier alpha value is 0.200. The molecule has 1 heterocycles. The van der Waals surface area contributed by atoms with Crippen LogP contribution in [-0.2, 0) is 9.53 Å². The fourth-order valence-electron chi connectivity index (χ4n) is 8.95. The number of cyclic esters (lactones) is 1. The molecule has 0 aromatic rings. The molecule has 30 heavy (non-hydrogen) atoms. The second kappa shape index (κ2) is 9.21. The van der Waals surface area contributed by atoms with E-state index >= 15 is 0 Å². The number of carbonyl (C=O) groups excluding carboxylic acids is 1. The van der Waals surface area contributed by atoms with Crippen molar-refractivity contribution in [2.24, 2.45) is 52.3 Å². The number of ether oxygens (including phenoxy) is 1. The minimum Gasteiger partial charge on any atom is -0.465 e. The molecule has 0 amide bonds. The third-order valence-corrected chi connectivity index (χ3v) is 11.6. The van der Waals surface area contributed by atoms with Crippen LogP contribution in [0.4, 0.5) is 0 Å². The summed E-state index contributed by atoms with van der Waals surface area (Å²) >= 11 is 2.61. The molecule has 0 aromatic carbocycles. The number of halogens is 1. The summed E-state index contributed by atoms with van der Waals surface area (Å²) in [6, 6.07) is 0. The average Bonchev–Trinajstić information content (AvgIpc) is 3.07.